The highest BCUT2D eigenvalue weighted by Crippen LogP contribution is 2.53. The van der Waals surface area contributed by atoms with Crippen LogP contribution in [0.2, 0.25) is 0 Å². The van der Waals surface area contributed by atoms with Crippen LogP contribution in [0.5, 0.6) is 0 Å². The predicted molar refractivity (Wildman–Crippen MR) is 156 cm³/mol. The number of ether oxygens (including phenoxy) is 2. The Hall–Kier alpha value is -2.78. The molecule has 2 heterocycles. The van der Waals surface area contributed by atoms with E-state index in [4.69, 9.17) is 14.6 Å². The molecule has 6 unspecified atom stereocenters. The number of hydrogen-bond donors (Lipinski definition) is 3. The van der Waals surface area contributed by atoms with Crippen LogP contribution in [0.1, 0.15) is 88.9 Å². The summed E-state index contributed by atoms with van der Waals surface area (Å²) >= 11 is 0. The van der Waals surface area contributed by atoms with E-state index in [2.05, 4.69) is 37.9 Å². The van der Waals surface area contributed by atoms with Crippen LogP contribution < -0.4 is 5.32 Å². The first-order chi connectivity index (χ1) is 19.4. The maximum absolute atomic E-state index is 12.1. The molecule has 3 fully saturated rings. The molecule has 41 heavy (non-hydrogen) atoms. The van der Waals surface area contributed by atoms with E-state index in [0.29, 0.717) is 22.6 Å². The summed E-state index contributed by atoms with van der Waals surface area (Å²) in [4.78, 5) is 25.5. The lowest BCUT2D eigenvalue weighted by Crippen LogP contribution is -2.46. The summed E-state index contributed by atoms with van der Waals surface area (Å²) in [5, 5.41) is 21.1. The maximum atomic E-state index is 12.1. The molecule has 2 saturated heterocycles. The Morgan fingerprint density at radius 1 is 0.976 bits per heavy atom. The predicted octanol–water partition coefficient (Wildman–Crippen LogP) is 5.67. The number of benzene rings is 2. The third-order valence-electron chi connectivity index (χ3n) is 9.09. The SMILES string of the molecule is CC1C(CN2CC3(C)CC2CC(C)(C)C3)OC(c2ccc(NC(=O)CCC(=O)O)cc2)OC1c1ccc(CO)cc1. The van der Waals surface area contributed by atoms with Crippen molar-refractivity contribution in [3.63, 3.8) is 0 Å². The second kappa shape index (κ2) is 11.8. The molecule has 2 aromatic rings. The number of carboxylic acid groups (broad SMARTS) is 1. The van der Waals surface area contributed by atoms with Gasteiger partial charge >= 0.3 is 5.97 Å². The number of nitrogens with zero attached hydrogens (tertiary/aromatic N) is 1. The van der Waals surface area contributed by atoms with Crippen LogP contribution in [-0.2, 0) is 25.7 Å². The molecule has 1 amide bonds. The van der Waals surface area contributed by atoms with Gasteiger partial charge in [0, 0.05) is 42.7 Å². The third-order valence-corrected chi connectivity index (χ3v) is 9.09. The van der Waals surface area contributed by atoms with E-state index in [-0.39, 0.29) is 43.5 Å². The van der Waals surface area contributed by atoms with Crippen LogP contribution in [0.4, 0.5) is 5.69 Å². The standard InChI is InChI=1S/C33H44N2O6/c1-21-27(17-35-20-33(4)16-26(35)15-32(2,3)19-33)40-31(41-30(21)23-7-5-22(18-36)6-8-23)24-9-11-25(12-10-24)34-28(37)13-14-29(38)39/h5-12,21,26-27,30-31,36H,13-20H2,1-4H3,(H,34,37)(H,38,39). The first-order valence-corrected chi connectivity index (χ1v) is 14.8. The Labute approximate surface area is 243 Å². The number of rotatable bonds is 9. The number of nitrogens with one attached hydrogen (secondary N) is 1. The number of aliphatic carboxylic acids is 1. The van der Waals surface area contributed by atoms with Gasteiger partial charge in [-0.2, -0.15) is 0 Å². The van der Waals surface area contributed by atoms with Crippen molar-refractivity contribution in [3.05, 3.63) is 65.2 Å². The van der Waals surface area contributed by atoms with Crippen molar-refractivity contribution in [2.24, 2.45) is 16.7 Å². The first-order valence-electron chi connectivity index (χ1n) is 14.8. The fourth-order valence-corrected chi connectivity index (χ4v) is 7.52. The van der Waals surface area contributed by atoms with Gasteiger partial charge in [0.2, 0.25) is 5.91 Å². The van der Waals surface area contributed by atoms with E-state index in [1.54, 1.807) is 12.1 Å². The minimum Gasteiger partial charge on any atom is -0.481 e. The molecular formula is C33H44N2O6. The van der Waals surface area contributed by atoms with E-state index >= 15 is 0 Å². The van der Waals surface area contributed by atoms with Gasteiger partial charge in [-0.15, -0.1) is 0 Å². The number of anilines is 1. The number of fused-ring (bicyclic) bond motifs is 2. The van der Waals surface area contributed by atoms with Crippen molar-refractivity contribution in [3.8, 4) is 0 Å². The Morgan fingerprint density at radius 3 is 2.32 bits per heavy atom. The van der Waals surface area contributed by atoms with Crippen molar-refractivity contribution in [1.82, 2.24) is 4.90 Å². The normalized spacial score (nSPS) is 31.1. The number of aliphatic hydroxyl groups excluding tert-OH is 1. The summed E-state index contributed by atoms with van der Waals surface area (Å²) < 4.78 is 13.3. The van der Waals surface area contributed by atoms with E-state index < -0.39 is 12.3 Å². The molecule has 2 bridgehead atoms. The first kappa shape index (κ1) is 29.7. The Balaban J connectivity index is 1.35. The maximum Gasteiger partial charge on any atom is 0.303 e. The average molecular weight is 565 g/mol. The Morgan fingerprint density at radius 2 is 1.66 bits per heavy atom. The van der Waals surface area contributed by atoms with Crippen molar-refractivity contribution in [2.75, 3.05) is 18.4 Å². The zero-order valence-corrected chi connectivity index (χ0v) is 24.6. The molecule has 0 spiro atoms. The van der Waals surface area contributed by atoms with E-state index in [1.807, 2.05) is 36.4 Å². The van der Waals surface area contributed by atoms with Crippen molar-refractivity contribution >= 4 is 17.6 Å². The van der Waals surface area contributed by atoms with Crippen LogP contribution in [0, 0.1) is 16.7 Å². The van der Waals surface area contributed by atoms with Crippen LogP contribution in [0.3, 0.4) is 0 Å². The topological polar surface area (TPSA) is 108 Å². The molecule has 0 radical (unpaired) electrons. The summed E-state index contributed by atoms with van der Waals surface area (Å²) in [6.45, 7) is 11.4. The number of hydrogen-bond acceptors (Lipinski definition) is 6. The van der Waals surface area contributed by atoms with Gasteiger partial charge in [-0.1, -0.05) is 64.1 Å². The van der Waals surface area contributed by atoms with Crippen molar-refractivity contribution < 1.29 is 29.3 Å². The molecule has 8 nitrogen and oxygen atoms in total. The molecule has 5 rings (SSSR count). The van der Waals surface area contributed by atoms with Crippen molar-refractivity contribution in [2.45, 2.75) is 90.9 Å². The fourth-order valence-electron chi connectivity index (χ4n) is 7.52. The van der Waals surface area contributed by atoms with Gasteiger partial charge in [-0.3, -0.25) is 14.5 Å². The highest BCUT2D eigenvalue weighted by atomic mass is 16.7. The van der Waals surface area contributed by atoms with Gasteiger partial charge in [0.05, 0.1) is 25.2 Å². The summed E-state index contributed by atoms with van der Waals surface area (Å²) in [5.41, 5.74) is 4.06. The highest BCUT2D eigenvalue weighted by molar-refractivity contribution is 5.92. The Kier molecular flexibility index (Phi) is 8.58. The molecule has 8 heteroatoms. The van der Waals surface area contributed by atoms with Gasteiger partial charge < -0.3 is 25.0 Å². The number of aliphatic hydroxyl groups is 1. The molecule has 2 aliphatic heterocycles. The molecule has 3 N–H and O–H groups in total. The van der Waals surface area contributed by atoms with Gasteiger partial charge in [0.25, 0.3) is 0 Å². The summed E-state index contributed by atoms with van der Waals surface area (Å²) in [5.74, 6) is -1.22. The van der Waals surface area contributed by atoms with Crippen molar-refractivity contribution in [1.29, 1.82) is 0 Å². The van der Waals surface area contributed by atoms with E-state index in [0.717, 1.165) is 29.8 Å². The van der Waals surface area contributed by atoms with Gasteiger partial charge in [0.1, 0.15) is 0 Å². The van der Waals surface area contributed by atoms with Gasteiger partial charge in [0.15, 0.2) is 6.29 Å². The number of carbonyl (C=O) groups excluding carboxylic acids is 1. The third kappa shape index (κ3) is 7.00. The van der Waals surface area contributed by atoms with Gasteiger partial charge in [-0.25, -0.2) is 0 Å². The smallest absolute Gasteiger partial charge is 0.303 e. The van der Waals surface area contributed by atoms with E-state index in [9.17, 15) is 14.7 Å². The van der Waals surface area contributed by atoms with Crippen LogP contribution >= 0.6 is 0 Å². The molecule has 222 valence electrons. The molecular weight excluding hydrogens is 520 g/mol. The molecule has 1 saturated carbocycles. The lowest BCUT2D eigenvalue weighted by Gasteiger charge is -2.43. The molecule has 3 aliphatic rings. The summed E-state index contributed by atoms with van der Waals surface area (Å²) in [6, 6.07) is 15.9. The van der Waals surface area contributed by atoms with Crippen LogP contribution in [0.25, 0.3) is 0 Å². The lowest BCUT2D eigenvalue weighted by molar-refractivity contribution is -0.276. The molecule has 1 aliphatic carbocycles. The number of amides is 1. The molecule has 0 aromatic heterocycles. The summed E-state index contributed by atoms with van der Waals surface area (Å²) in [6.07, 6.45) is 2.61. The molecule has 6 atom stereocenters. The fraction of sp³-hybridized carbons (Fsp3) is 0.576. The van der Waals surface area contributed by atoms with Gasteiger partial charge in [-0.05, 0) is 53.4 Å². The second-order valence-electron chi connectivity index (χ2n) is 13.5. The number of carboxylic acids is 1. The average Bonchev–Trinajstić information content (AvgIpc) is 3.16. The highest BCUT2D eigenvalue weighted by Gasteiger charge is 2.51. The number of carbonyl (C=O) groups is 2. The van der Waals surface area contributed by atoms with Crippen LogP contribution in [-0.4, -0.2) is 52.2 Å². The van der Waals surface area contributed by atoms with E-state index in [1.165, 1.54) is 19.3 Å². The minimum atomic E-state index is -0.998. The minimum absolute atomic E-state index is 0.000375. The lowest BCUT2D eigenvalue weighted by atomic mass is 9.65. The quantitative estimate of drug-likeness (QED) is 0.360. The Bertz CT molecular complexity index is 1230. The largest absolute Gasteiger partial charge is 0.481 e. The van der Waals surface area contributed by atoms with Crippen LogP contribution in [0.15, 0.2) is 48.5 Å². The zero-order chi connectivity index (χ0) is 29.4. The summed E-state index contributed by atoms with van der Waals surface area (Å²) in [7, 11) is 0. The zero-order valence-electron chi connectivity index (χ0n) is 24.6. The molecule has 2 aromatic carbocycles. The monoisotopic (exact) mass is 564 g/mol. The second-order valence-corrected chi connectivity index (χ2v) is 13.5. The number of likely N-dealkylation sites (tertiary alicyclic amines) is 1.